The van der Waals surface area contributed by atoms with E-state index in [4.69, 9.17) is 0 Å². The van der Waals surface area contributed by atoms with E-state index in [-0.39, 0.29) is 10.5 Å². The summed E-state index contributed by atoms with van der Waals surface area (Å²) in [6.07, 6.45) is 0. The summed E-state index contributed by atoms with van der Waals surface area (Å²) < 4.78 is 31.2. The lowest BCUT2D eigenvalue weighted by molar-refractivity contribution is 0.0772. The maximum atomic E-state index is 11.6. The molecule has 0 aromatic heterocycles. The minimum Gasteiger partial charge on any atom is -0.391 e. The molecule has 16 heavy (non-hydrogen) atoms. The zero-order valence-corrected chi connectivity index (χ0v) is 11.4. The molecule has 0 unspecified atom stereocenters. The largest absolute Gasteiger partial charge is 0.391 e. The molecule has 1 aromatic rings. The predicted octanol–water partition coefficient (Wildman–Crippen LogP) is 1.57. The first-order valence-corrected chi connectivity index (χ1v) is 6.85. The van der Waals surface area contributed by atoms with Crippen molar-refractivity contribution >= 4 is 55.2 Å². The van der Waals surface area contributed by atoms with E-state index in [2.05, 4.69) is 21.5 Å². The molecule has 0 atom stereocenters. The summed E-state index contributed by atoms with van der Waals surface area (Å²) >= 11 is 5.19. The Bertz CT molecular complexity index is 608. The van der Waals surface area contributed by atoms with Gasteiger partial charge in [-0.3, -0.25) is 0 Å². The number of carbonyl (C=O) groups is 1. The summed E-state index contributed by atoms with van der Waals surface area (Å²) in [6, 6.07) is 4.22. The van der Waals surface area contributed by atoms with Gasteiger partial charge >= 0.3 is 5.97 Å². The zero-order valence-electron chi connectivity index (χ0n) is 7.55. The van der Waals surface area contributed by atoms with Crippen molar-refractivity contribution in [1.82, 2.24) is 0 Å². The molecule has 0 N–H and O–H groups in total. The second kappa shape index (κ2) is 4.00. The van der Waals surface area contributed by atoms with Gasteiger partial charge in [-0.05, 0) is 34.7 Å². The van der Waals surface area contributed by atoms with E-state index in [1.807, 2.05) is 22.6 Å². The molecule has 0 aliphatic carbocycles. The first kappa shape index (κ1) is 11.9. The van der Waals surface area contributed by atoms with Gasteiger partial charge in [0.05, 0.1) is 5.56 Å². The van der Waals surface area contributed by atoms with E-state index < -0.39 is 16.0 Å². The van der Waals surface area contributed by atoms with E-state index in [1.165, 1.54) is 18.2 Å². The summed E-state index contributed by atoms with van der Waals surface area (Å²) in [7, 11) is -3.67. The van der Waals surface area contributed by atoms with Gasteiger partial charge in [-0.2, -0.15) is 12.8 Å². The first-order chi connectivity index (χ1) is 7.45. The molecule has 0 saturated heterocycles. The van der Waals surface area contributed by atoms with Crippen LogP contribution in [-0.4, -0.2) is 18.1 Å². The molecule has 1 aliphatic heterocycles. The van der Waals surface area contributed by atoms with Crippen molar-refractivity contribution in [3.63, 3.8) is 0 Å². The van der Waals surface area contributed by atoms with Crippen LogP contribution in [0.1, 0.15) is 15.9 Å². The standard InChI is InChI=1S/C8H4INO4S2/c9-7-5-2-1-4(8(11)14-15)3-6(5)16(12,13)10-7/h1-3,15H. The molecular weight excluding hydrogens is 365 g/mol. The van der Waals surface area contributed by atoms with Gasteiger partial charge < -0.3 is 4.18 Å². The quantitative estimate of drug-likeness (QED) is 0.464. The lowest BCUT2D eigenvalue weighted by atomic mass is 10.1. The number of benzene rings is 1. The predicted molar refractivity (Wildman–Crippen MR) is 68.6 cm³/mol. The van der Waals surface area contributed by atoms with Gasteiger partial charge in [-0.15, -0.1) is 0 Å². The molecule has 1 heterocycles. The van der Waals surface area contributed by atoms with E-state index in [0.717, 1.165) is 0 Å². The van der Waals surface area contributed by atoms with Crippen molar-refractivity contribution in [2.45, 2.75) is 4.90 Å². The van der Waals surface area contributed by atoms with Gasteiger partial charge in [-0.25, -0.2) is 4.79 Å². The highest BCUT2D eigenvalue weighted by Gasteiger charge is 2.28. The molecule has 0 radical (unpaired) electrons. The van der Waals surface area contributed by atoms with Gasteiger partial charge in [0.1, 0.15) is 8.61 Å². The Kier molecular flexibility index (Phi) is 2.97. The first-order valence-electron chi connectivity index (χ1n) is 3.96. The third-order valence-electron chi connectivity index (χ3n) is 2.00. The van der Waals surface area contributed by atoms with Gasteiger partial charge in [-0.1, -0.05) is 6.07 Å². The number of rotatable bonds is 1. The number of fused-ring (bicyclic) bond motifs is 1. The Morgan fingerprint density at radius 2 is 2.12 bits per heavy atom. The van der Waals surface area contributed by atoms with E-state index >= 15 is 0 Å². The lowest BCUT2D eigenvalue weighted by Gasteiger charge is -2.01. The topological polar surface area (TPSA) is 72.8 Å². The van der Waals surface area contributed by atoms with Crippen LogP contribution in [0.25, 0.3) is 0 Å². The summed E-state index contributed by atoms with van der Waals surface area (Å²) in [4.78, 5) is 11.2. The molecule has 1 aromatic carbocycles. The fourth-order valence-electron chi connectivity index (χ4n) is 1.29. The molecule has 0 amide bonds. The number of thiol groups is 1. The highest BCUT2D eigenvalue weighted by Crippen LogP contribution is 2.29. The zero-order chi connectivity index (χ0) is 11.9. The molecular formula is C8H4INO4S2. The molecule has 1 aliphatic rings. The van der Waals surface area contributed by atoms with Crippen molar-refractivity contribution in [2.75, 3.05) is 0 Å². The number of nitrogens with zero attached hydrogens (tertiary/aromatic N) is 1. The van der Waals surface area contributed by atoms with Gasteiger partial charge in [0.2, 0.25) is 0 Å². The van der Waals surface area contributed by atoms with Crippen LogP contribution in [0.4, 0.5) is 0 Å². The third kappa shape index (κ3) is 1.84. The number of sulfonamides is 1. The molecule has 0 fully saturated rings. The highest BCUT2D eigenvalue weighted by atomic mass is 127. The summed E-state index contributed by atoms with van der Waals surface area (Å²) in [5.74, 6) is -0.705. The number of carbonyl (C=O) groups excluding carboxylic acids is 1. The minimum atomic E-state index is -3.67. The van der Waals surface area contributed by atoms with Crippen molar-refractivity contribution in [3.05, 3.63) is 29.3 Å². The Labute approximate surface area is 111 Å². The molecule has 84 valence electrons. The minimum absolute atomic E-state index is 0.0214. The Morgan fingerprint density at radius 3 is 2.75 bits per heavy atom. The molecule has 0 saturated carbocycles. The SMILES string of the molecule is O=C(OS)c1ccc2c(c1)S(=O)(=O)N=C2I. The van der Waals surface area contributed by atoms with Gasteiger partial charge in [0, 0.05) is 18.5 Å². The van der Waals surface area contributed by atoms with Crippen molar-refractivity contribution in [2.24, 2.45) is 4.40 Å². The van der Waals surface area contributed by atoms with Gasteiger partial charge in [0.25, 0.3) is 10.0 Å². The Balaban J connectivity index is 2.63. The monoisotopic (exact) mass is 369 g/mol. The van der Waals surface area contributed by atoms with Crippen molar-refractivity contribution in [1.29, 1.82) is 0 Å². The average molecular weight is 369 g/mol. The highest BCUT2D eigenvalue weighted by molar-refractivity contribution is 14.1. The second-order valence-corrected chi connectivity index (χ2v) is 5.72. The van der Waals surface area contributed by atoms with Crippen LogP contribution < -0.4 is 0 Å². The summed E-state index contributed by atoms with van der Waals surface area (Å²) in [5.41, 5.74) is 0.620. The molecule has 0 bridgehead atoms. The molecule has 5 nitrogen and oxygen atoms in total. The smallest absolute Gasteiger partial charge is 0.349 e. The maximum absolute atomic E-state index is 11.6. The van der Waals surface area contributed by atoms with E-state index in [0.29, 0.717) is 9.28 Å². The van der Waals surface area contributed by atoms with Crippen molar-refractivity contribution in [3.8, 4) is 0 Å². The summed E-state index contributed by atoms with van der Waals surface area (Å²) in [6.45, 7) is 0. The average Bonchev–Trinajstić information content (AvgIpc) is 2.48. The van der Waals surface area contributed by atoms with Crippen LogP contribution in [0, 0.1) is 0 Å². The number of halogens is 1. The van der Waals surface area contributed by atoms with Crippen LogP contribution in [0.15, 0.2) is 27.5 Å². The van der Waals surface area contributed by atoms with Gasteiger partial charge in [0.15, 0.2) is 0 Å². The molecule has 2 rings (SSSR count). The normalized spacial score (nSPS) is 16.5. The molecule has 0 spiro atoms. The van der Waals surface area contributed by atoms with Crippen LogP contribution in [0.3, 0.4) is 0 Å². The van der Waals surface area contributed by atoms with Crippen LogP contribution in [0.2, 0.25) is 0 Å². The second-order valence-electron chi connectivity index (χ2n) is 2.95. The van der Waals surface area contributed by atoms with Crippen LogP contribution in [-0.2, 0) is 14.2 Å². The fourth-order valence-corrected chi connectivity index (χ4v) is 3.95. The van der Waals surface area contributed by atoms with Crippen molar-refractivity contribution < 1.29 is 17.4 Å². The van der Waals surface area contributed by atoms with Crippen LogP contribution >= 0.6 is 35.5 Å². The van der Waals surface area contributed by atoms with Crippen LogP contribution in [0.5, 0.6) is 0 Å². The number of hydrogen-bond donors (Lipinski definition) is 1. The molecule has 8 heteroatoms. The third-order valence-corrected chi connectivity index (χ3v) is 4.63. The lowest BCUT2D eigenvalue weighted by Crippen LogP contribution is -2.02. The Hall–Kier alpha value is -0.610. The number of hydrogen-bond acceptors (Lipinski definition) is 5. The maximum Gasteiger partial charge on any atom is 0.349 e. The van der Waals surface area contributed by atoms with E-state index in [1.54, 1.807) is 0 Å². The van der Waals surface area contributed by atoms with E-state index in [9.17, 15) is 13.2 Å². The summed E-state index contributed by atoms with van der Waals surface area (Å²) in [5, 5.41) is 0. The Morgan fingerprint density at radius 1 is 1.44 bits per heavy atom. The fraction of sp³-hybridized carbons (Fsp3) is 0.